The Morgan fingerprint density at radius 1 is 1.10 bits per heavy atom. The highest BCUT2D eigenvalue weighted by Gasteiger charge is 2.58. The zero-order valence-corrected chi connectivity index (χ0v) is 13.5. The summed E-state index contributed by atoms with van der Waals surface area (Å²) >= 11 is 0. The minimum atomic E-state index is 0.198. The van der Waals surface area contributed by atoms with Gasteiger partial charge in [-0.05, 0) is 80.5 Å². The van der Waals surface area contributed by atoms with Crippen LogP contribution in [0.15, 0.2) is 17.3 Å². The number of rotatable bonds is 0. The molecule has 4 aliphatic rings. The number of hydrogen-bond acceptors (Lipinski definition) is 2. The van der Waals surface area contributed by atoms with E-state index >= 15 is 0 Å². The van der Waals surface area contributed by atoms with Gasteiger partial charge in [0.1, 0.15) is 0 Å². The molecule has 4 aliphatic carbocycles. The van der Waals surface area contributed by atoms with E-state index in [0.29, 0.717) is 5.41 Å². The van der Waals surface area contributed by atoms with Crippen LogP contribution < -0.4 is 0 Å². The smallest absolute Gasteiger partial charge is 0.0632 e. The van der Waals surface area contributed by atoms with Crippen LogP contribution in [0.25, 0.3) is 0 Å². The predicted molar refractivity (Wildman–Crippen MR) is 85.5 cm³/mol. The topological polar surface area (TPSA) is 32.6 Å². The lowest BCUT2D eigenvalue weighted by atomic mass is 9.46. The second-order valence-corrected chi connectivity index (χ2v) is 8.57. The molecular weight excluding hydrogens is 258 g/mol. The highest BCUT2D eigenvalue weighted by atomic mass is 16.4. The third-order valence-electron chi connectivity index (χ3n) is 8.02. The van der Waals surface area contributed by atoms with Gasteiger partial charge in [-0.15, -0.1) is 0 Å². The molecule has 0 bridgehead atoms. The molecule has 2 nitrogen and oxygen atoms in total. The van der Waals surface area contributed by atoms with Crippen LogP contribution in [0.3, 0.4) is 0 Å². The fourth-order valence-electron chi connectivity index (χ4n) is 6.78. The fourth-order valence-corrected chi connectivity index (χ4v) is 6.78. The summed E-state index contributed by atoms with van der Waals surface area (Å²) in [6, 6.07) is 0. The van der Waals surface area contributed by atoms with Crippen molar-refractivity contribution in [1.82, 2.24) is 0 Å². The standard InChI is InChI=1S/C19H29NO/c1-18-11-4-3-5-13(18)6-7-14-15-8-9-17(20-21)19(15,2)12-10-16(14)18/h3,5,13-16,21H,4,6-12H2,1-2H3/b20-17-/t13-,14+,15+,16+,18+,19+/m1/s1. The van der Waals surface area contributed by atoms with Crippen molar-refractivity contribution in [3.8, 4) is 0 Å². The summed E-state index contributed by atoms with van der Waals surface area (Å²) in [5, 5.41) is 13.1. The van der Waals surface area contributed by atoms with E-state index in [-0.39, 0.29) is 5.41 Å². The summed E-state index contributed by atoms with van der Waals surface area (Å²) in [6.07, 6.45) is 15.3. The van der Waals surface area contributed by atoms with Crippen molar-refractivity contribution in [1.29, 1.82) is 0 Å². The largest absolute Gasteiger partial charge is 0.411 e. The summed E-state index contributed by atoms with van der Waals surface area (Å²) in [7, 11) is 0. The highest BCUT2D eigenvalue weighted by Crippen LogP contribution is 2.64. The molecule has 0 radical (unpaired) electrons. The highest BCUT2D eigenvalue weighted by molar-refractivity contribution is 5.91. The van der Waals surface area contributed by atoms with Crippen molar-refractivity contribution in [2.75, 3.05) is 0 Å². The van der Waals surface area contributed by atoms with Gasteiger partial charge in [-0.1, -0.05) is 31.2 Å². The number of allylic oxidation sites excluding steroid dienone is 2. The van der Waals surface area contributed by atoms with Crippen LogP contribution >= 0.6 is 0 Å². The van der Waals surface area contributed by atoms with Gasteiger partial charge in [0.05, 0.1) is 5.71 Å². The van der Waals surface area contributed by atoms with Gasteiger partial charge in [0, 0.05) is 5.41 Å². The van der Waals surface area contributed by atoms with E-state index in [2.05, 4.69) is 31.2 Å². The maximum absolute atomic E-state index is 9.38. The molecule has 2 heteroatoms. The average molecular weight is 287 g/mol. The summed E-state index contributed by atoms with van der Waals surface area (Å²) in [5.41, 5.74) is 1.84. The van der Waals surface area contributed by atoms with Gasteiger partial charge in [0.15, 0.2) is 0 Å². The first-order chi connectivity index (χ1) is 10.1. The molecule has 1 N–H and O–H groups in total. The first kappa shape index (κ1) is 13.8. The van der Waals surface area contributed by atoms with Gasteiger partial charge >= 0.3 is 0 Å². The van der Waals surface area contributed by atoms with Crippen molar-refractivity contribution in [2.45, 2.75) is 65.2 Å². The number of nitrogens with zero attached hydrogens (tertiary/aromatic N) is 1. The van der Waals surface area contributed by atoms with Crippen LogP contribution in [0.2, 0.25) is 0 Å². The summed E-state index contributed by atoms with van der Waals surface area (Å²) < 4.78 is 0. The average Bonchev–Trinajstić information content (AvgIpc) is 2.83. The number of oxime groups is 1. The minimum absolute atomic E-state index is 0.198. The number of hydrogen-bond donors (Lipinski definition) is 1. The Hall–Kier alpha value is -0.790. The Kier molecular flexibility index (Phi) is 3.03. The lowest BCUT2D eigenvalue weighted by molar-refractivity contribution is -0.0695. The van der Waals surface area contributed by atoms with Gasteiger partial charge in [-0.3, -0.25) is 0 Å². The van der Waals surface area contributed by atoms with Gasteiger partial charge in [0.25, 0.3) is 0 Å². The molecule has 0 aromatic rings. The van der Waals surface area contributed by atoms with Crippen molar-refractivity contribution in [3.63, 3.8) is 0 Å². The normalized spacial score (nSPS) is 54.1. The van der Waals surface area contributed by atoms with Crippen LogP contribution in [-0.2, 0) is 0 Å². The van der Waals surface area contributed by atoms with Gasteiger partial charge in [-0.25, -0.2) is 0 Å². The molecule has 0 aromatic carbocycles. The van der Waals surface area contributed by atoms with Gasteiger partial charge in [0.2, 0.25) is 0 Å². The van der Waals surface area contributed by atoms with Crippen LogP contribution in [0, 0.1) is 34.5 Å². The Labute approximate surface area is 128 Å². The van der Waals surface area contributed by atoms with Crippen molar-refractivity contribution in [2.24, 2.45) is 39.7 Å². The monoisotopic (exact) mass is 287 g/mol. The van der Waals surface area contributed by atoms with E-state index in [9.17, 15) is 5.21 Å². The molecule has 3 saturated carbocycles. The SMILES string of the molecule is C[C@]12CCC=C[C@@H]1CC[C@@H]1[C@@H]2CC[C@]2(C)/C(=N\O)CC[C@@H]12. The Morgan fingerprint density at radius 3 is 2.76 bits per heavy atom. The Balaban J connectivity index is 1.68. The van der Waals surface area contributed by atoms with E-state index in [4.69, 9.17) is 0 Å². The summed E-state index contributed by atoms with van der Waals surface area (Å²) in [4.78, 5) is 0. The zero-order valence-electron chi connectivity index (χ0n) is 13.5. The minimum Gasteiger partial charge on any atom is -0.411 e. The second-order valence-electron chi connectivity index (χ2n) is 8.57. The van der Waals surface area contributed by atoms with E-state index < -0.39 is 0 Å². The zero-order chi connectivity index (χ0) is 14.7. The summed E-state index contributed by atoms with van der Waals surface area (Å²) in [5.74, 6) is 3.36. The van der Waals surface area contributed by atoms with Crippen molar-refractivity contribution < 1.29 is 5.21 Å². The third-order valence-corrected chi connectivity index (χ3v) is 8.02. The first-order valence-electron chi connectivity index (χ1n) is 8.97. The van der Waals surface area contributed by atoms with Crippen LogP contribution in [0.5, 0.6) is 0 Å². The molecule has 0 saturated heterocycles. The van der Waals surface area contributed by atoms with E-state index in [1.54, 1.807) is 0 Å². The van der Waals surface area contributed by atoms with Gasteiger partial charge < -0.3 is 5.21 Å². The van der Waals surface area contributed by atoms with E-state index in [1.165, 1.54) is 44.9 Å². The predicted octanol–water partition coefficient (Wildman–Crippen LogP) is 5.03. The summed E-state index contributed by atoms with van der Waals surface area (Å²) in [6.45, 7) is 4.96. The number of fused-ring (bicyclic) bond motifs is 5. The van der Waals surface area contributed by atoms with Crippen LogP contribution in [0.4, 0.5) is 0 Å². The molecule has 0 aliphatic heterocycles. The molecule has 0 unspecified atom stereocenters. The Bertz CT molecular complexity index is 496. The van der Waals surface area contributed by atoms with Crippen LogP contribution in [-0.4, -0.2) is 10.9 Å². The molecule has 0 heterocycles. The van der Waals surface area contributed by atoms with E-state index in [0.717, 1.165) is 35.8 Å². The Morgan fingerprint density at radius 2 is 1.95 bits per heavy atom. The van der Waals surface area contributed by atoms with Gasteiger partial charge in [-0.2, -0.15) is 0 Å². The van der Waals surface area contributed by atoms with Crippen LogP contribution in [0.1, 0.15) is 65.2 Å². The lowest BCUT2D eigenvalue weighted by Crippen LogP contribution is -2.52. The lowest BCUT2D eigenvalue weighted by Gasteiger charge is -2.58. The molecule has 116 valence electrons. The fraction of sp³-hybridized carbons (Fsp3) is 0.842. The maximum Gasteiger partial charge on any atom is 0.0632 e. The first-order valence-corrected chi connectivity index (χ1v) is 8.97. The molecule has 6 atom stereocenters. The molecule has 0 amide bonds. The molecule has 0 spiro atoms. The maximum atomic E-state index is 9.38. The quantitative estimate of drug-likeness (QED) is 0.378. The van der Waals surface area contributed by atoms with E-state index in [1.807, 2.05) is 0 Å². The molecule has 21 heavy (non-hydrogen) atoms. The molecule has 3 fully saturated rings. The van der Waals surface area contributed by atoms with Crippen molar-refractivity contribution in [3.05, 3.63) is 12.2 Å². The molecule has 0 aromatic heterocycles. The molecule has 4 rings (SSSR count). The second kappa shape index (κ2) is 4.60. The van der Waals surface area contributed by atoms with Crippen molar-refractivity contribution >= 4 is 5.71 Å². The molecular formula is C19H29NO. The third kappa shape index (κ3) is 1.74.